The van der Waals surface area contributed by atoms with Crippen molar-refractivity contribution in [3.05, 3.63) is 48.3 Å². The van der Waals surface area contributed by atoms with Crippen molar-refractivity contribution in [3.63, 3.8) is 0 Å². The first-order valence-electron chi connectivity index (χ1n) is 10.3. The van der Waals surface area contributed by atoms with E-state index in [2.05, 4.69) is 27.6 Å². The number of rotatable bonds is 10. The van der Waals surface area contributed by atoms with Gasteiger partial charge in [0.1, 0.15) is 26.7 Å². The van der Waals surface area contributed by atoms with Gasteiger partial charge in [0.05, 0.1) is 21.4 Å². The van der Waals surface area contributed by atoms with Crippen molar-refractivity contribution in [2.75, 3.05) is 45.9 Å². The minimum absolute atomic E-state index is 0.278. The van der Waals surface area contributed by atoms with Crippen LogP contribution < -0.4 is 14.8 Å². The van der Waals surface area contributed by atoms with Crippen molar-refractivity contribution in [3.8, 4) is 23.8 Å². The molecule has 0 radical (unpaired) electrons. The molecule has 0 aliphatic carbocycles. The number of benzene rings is 2. The summed E-state index contributed by atoms with van der Waals surface area (Å²) in [5.74, 6) is 3.97. The van der Waals surface area contributed by atoms with E-state index in [1.165, 1.54) is 13.4 Å². The summed E-state index contributed by atoms with van der Waals surface area (Å²) in [4.78, 5) is 8.66. The summed E-state index contributed by atoms with van der Waals surface area (Å²) in [6, 6.07) is 10.7. The molecule has 3 aromatic rings. The SMILES string of the molecule is [2H]C#Cc1cccc(Nc2ncnc3cc(OCC([2H])([2H])OC)c(OCCOC)cc23)c1. The number of nitrogens with zero attached hydrogens (tertiary/aromatic N) is 2. The molecule has 3 rings (SSSR count). The van der Waals surface area contributed by atoms with E-state index in [-0.39, 0.29) is 13.2 Å². The third kappa shape index (κ3) is 5.35. The molecule has 0 spiro atoms. The highest BCUT2D eigenvalue weighted by atomic mass is 16.5. The third-order valence-corrected chi connectivity index (χ3v) is 3.95. The molecule has 2 aromatic carbocycles. The van der Waals surface area contributed by atoms with Gasteiger partial charge in [0.15, 0.2) is 11.5 Å². The van der Waals surface area contributed by atoms with Crippen molar-refractivity contribution in [2.24, 2.45) is 0 Å². The van der Waals surface area contributed by atoms with Crippen LogP contribution in [0.15, 0.2) is 42.7 Å². The van der Waals surface area contributed by atoms with Crippen molar-refractivity contribution < 1.29 is 23.1 Å². The van der Waals surface area contributed by atoms with Crippen LogP contribution in [0.3, 0.4) is 0 Å². The second-order valence-corrected chi connectivity index (χ2v) is 5.85. The van der Waals surface area contributed by atoms with Crippen LogP contribution in [0.4, 0.5) is 11.5 Å². The molecule has 0 unspecified atom stereocenters. The molecule has 0 saturated heterocycles. The van der Waals surface area contributed by atoms with E-state index >= 15 is 0 Å². The molecule has 7 heteroatoms. The lowest BCUT2D eigenvalue weighted by molar-refractivity contribution is 0.132. The summed E-state index contributed by atoms with van der Waals surface area (Å²) in [6.45, 7) is -1.63. The molecule has 0 aliphatic rings. The van der Waals surface area contributed by atoms with Gasteiger partial charge in [0, 0.05) is 36.9 Å². The van der Waals surface area contributed by atoms with E-state index in [1.807, 2.05) is 24.3 Å². The molecule has 0 bridgehead atoms. The first-order chi connectivity index (χ1) is 15.5. The van der Waals surface area contributed by atoms with Crippen molar-refractivity contribution in [2.45, 2.75) is 0 Å². The molecule has 0 atom stereocenters. The van der Waals surface area contributed by atoms with Gasteiger partial charge in [0.25, 0.3) is 0 Å². The Morgan fingerprint density at radius 1 is 1.07 bits per heavy atom. The quantitative estimate of drug-likeness (QED) is 0.416. The number of terminal acetylenes is 1. The van der Waals surface area contributed by atoms with Gasteiger partial charge in [-0.15, -0.1) is 6.40 Å². The van der Waals surface area contributed by atoms with Crippen LogP contribution in [0.2, 0.25) is 0 Å². The summed E-state index contributed by atoms with van der Waals surface area (Å²) in [7, 11) is 2.85. The smallest absolute Gasteiger partial charge is 0.163 e. The van der Waals surface area contributed by atoms with Crippen LogP contribution in [0.1, 0.15) is 9.68 Å². The highest BCUT2D eigenvalue weighted by Gasteiger charge is 2.13. The van der Waals surface area contributed by atoms with E-state index in [1.54, 1.807) is 19.2 Å². The predicted octanol–water partition coefficient (Wildman–Crippen LogP) is 3.41. The van der Waals surface area contributed by atoms with E-state index < -0.39 is 6.56 Å². The Morgan fingerprint density at radius 3 is 2.76 bits per heavy atom. The molecule has 0 saturated carbocycles. The van der Waals surface area contributed by atoms with Gasteiger partial charge in [-0.2, -0.15) is 0 Å². The van der Waals surface area contributed by atoms with Crippen LogP contribution >= 0.6 is 0 Å². The number of hydrogen-bond acceptors (Lipinski definition) is 7. The number of aromatic nitrogens is 2. The van der Waals surface area contributed by atoms with Gasteiger partial charge in [-0.25, -0.2) is 9.97 Å². The molecule has 29 heavy (non-hydrogen) atoms. The fraction of sp³-hybridized carbons (Fsp3) is 0.273. The van der Waals surface area contributed by atoms with Crippen LogP contribution in [0.5, 0.6) is 11.5 Å². The Hall–Kier alpha value is -3.34. The summed E-state index contributed by atoms with van der Waals surface area (Å²) in [6.07, 6.45) is 3.56. The molecule has 0 aliphatic heterocycles. The largest absolute Gasteiger partial charge is 0.487 e. The standard InChI is InChI=1S/C22H23N3O4/c1-4-16-6-5-7-17(12-16)25-22-18-13-20(28-10-8-26-2)21(29-11-9-27-3)14-19(18)23-15-24-22/h1,5-7,12-15H,8-11H2,2-3H3,(H,23,24,25)/i1D,9D2. The first-order valence-corrected chi connectivity index (χ1v) is 8.84. The lowest BCUT2D eigenvalue weighted by Crippen LogP contribution is -2.09. The lowest BCUT2D eigenvalue weighted by atomic mass is 10.2. The average Bonchev–Trinajstić information content (AvgIpc) is 2.79. The second kappa shape index (κ2) is 10.3. The molecule has 1 heterocycles. The van der Waals surface area contributed by atoms with Crippen LogP contribution in [0.25, 0.3) is 10.9 Å². The van der Waals surface area contributed by atoms with Gasteiger partial charge in [-0.1, -0.05) is 12.0 Å². The van der Waals surface area contributed by atoms with Gasteiger partial charge in [-0.05, 0) is 24.3 Å². The van der Waals surface area contributed by atoms with Crippen LogP contribution in [-0.4, -0.2) is 50.6 Å². The summed E-state index contributed by atoms with van der Waals surface area (Å²) in [5, 5.41) is 3.92. The van der Waals surface area contributed by atoms with Crippen molar-refractivity contribution >= 4 is 22.4 Å². The van der Waals surface area contributed by atoms with Crippen LogP contribution in [0, 0.1) is 12.3 Å². The molecule has 1 aromatic heterocycles. The van der Waals surface area contributed by atoms with Crippen molar-refractivity contribution in [1.82, 2.24) is 9.97 Å². The Morgan fingerprint density at radius 2 is 1.93 bits per heavy atom. The Bertz CT molecular complexity index is 1130. The number of ether oxygens (including phenoxy) is 4. The Labute approximate surface area is 174 Å². The van der Waals surface area contributed by atoms with E-state index in [0.717, 1.165) is 5.69 Å². The second-order valence-electron chi connectivity index (χ2n) is 5.85. The third-order valence-electron chi connectivity index (χ3n) is 3.95. The topological polar surface area (TPSA) is 74.7 Å². The Kier molecular flexibility index (Phi) is 5.88. The maximum absolute atomic E-state index is 7.73. The zero-order valence-electron chi connectivity index (χ0n) is 19.2. The number of fused-ring (bicyclic) bond motifs is 1. The number of anilines is 2. The highest BCUT2D eigenvalue weighted by Crippen LogP contribution is 2.35. The van der Waals surface area contributed by atoms with Crippen LogP contribution in [-0.2, 0) is 9.47 Å². The van der Waals surface area contributed by atoms with Gasteiger partial charge in [-0.3, -0.25) is 0 Å². The number of nitrogens with one attached hydrogen (secondary N) is 1. The molecular formula is C22H23N3O4. The summed E-state index contributed by atoms with van der Waals surface area (Å²) >= 11 is 0. The summed E-state index contributed by atoms with van der Waals surface area (Å²) < 4.78 is 43.8. The minimum Gasteiger partial charge on any atom is -0.487 e. The molecule has 1 N–H and O–H groups in total. The van der Waals surface area contributed by atoms with E-state index in [9.17, 15) is 0 Å². The maximum Gasteiger partial charge on any atom is 0.163 e. The zero-order valence-corrected chi connectivity index (χ0v) is 16.2. The van der Waals surface area contributed by atoms with E-state index in [0.29, 0.717) is 40.4 Å². The summed E-state index contributed by atoms with van der Waals surface area (Å²) in [5.41, 5.74) is 2.03. The minimum atomic E-state index is -1.95. The molecular weight excluding hydrogens is 370 g/mol. The normalized spacial score (nSPS) is 12.3. The number of methoxy groups -OCH3 is 2. The molecule has 0 fully saturated rings. The first kappa shape index (κ1) is 16.6. The number of hydrogen-bond donors (Lipinski definition) is 1. The fourth-order valence-electron chi connectivity index (χ4n) is 2.60. The van der Waals surface area contributed by atoms with Gasteiger partial charge >= 0.3 is 0 Å². The van der Waals surface area contributed by atoms with Gasteiger partial charge < -0.3 is 24.3 Å². The van der Waals surface area contributed by atoms with Crippen molar-refractivity contribution in [1.29, 1.82) is 0 Å². The van der Waals surface area contributed by atoms with E-state index in [4.69, 9.17) is 23.1 Å². The fourth-order valence-corrected chi connectivity index (χ4v) is 2.60. The monoisotopic (exact) mass is 396 g/mol. The highest BCUT2D eigenvalue weighted by molar-refractivity contribution is 5.93. The lowest BCUT2D eigenvalue weighted by Gasteiger charge is -2.15. The average molecular weight is 396 g/mol. The molecule has 0 amide bonds. The Balaban J connectivity index is 1.97. The predicted molar refractivity (Wildman–Crippen MR) is 112 cm³/mol. The van der Waals surface area contributed by atoms with Gasteiger partial charge in [0.2, 0.25) is 0 Å². The molecule has 7 nitrogen and oxygen atoms in total. The maximum atomic E-state index is 7.73. The zero-order chi connectivity index (χ0) is 23.0. The molecule has 150 valence electrons.